The van der Waals surface area contributed by atoms with Crippen molar-refractivity contribution in [2.45, 2.75) is 83.8 Å². The Bertz CT molecular complexity index is 819. The molecule has 3 atom stereocenters. The maximum atomic E-state index is 12.7. The van der Waals surface area contributed by atoms with Crippen molar-refractivity contribution < 1.29 is 19.7 Å². The number of rotatable bonds is 4. The monoisotopic (exact) mass is 401 g/mol. The Morgan fingerprint density at radius 2 is 2.03 bits per heavy atom. The van der Waals surface area contributed by atoms with Gasteiger partial charge >= 0.3 is 0 Å². The number of carbonyl (C=O) groups excluding carboxylic acids is 1. The van der Waals surface area contributed by atoms with Gasteiger partial charge in [-0.15, -0.1) is 0 Å². The molecule has 29 heavy (non-hydrogen) atoms. The van der Waals surface area contributed by atoms with Gasteiger partial charge in [0.2, 0.25) is 5.91 Å². The lowest BCUT2D eigenvalue weighted by Crippen LogP contribution is -2.46. The van der Waals surface area contributed by atoms with Gasteiger partial charge in [0, 0.05) is 35.6 Å². The van der Waals surface area contributed by atoms with Crippen LogP contribution in [0.5, 0.6) is 11.5 Å². The zero-order valence-electron chi connectivity index (χ0n) is 18.5. The summed E-state index contributed by atoms with van der Waals surface area (Å²) in [5, 5.41) is 23.0. The molecule has 5 nitrogen and oxygen atoms in total. The highest BCUT2D eigenvalue weighted by Crippen LogP contribution is 2.54. The number of benzene rings is 1. The van der Waals surface area contributed by atoms with E-state index in [-0.39, 0.29) is 47.2 Å². The molecule has 3 N–H and O–H groups in total. The Labute approximate surface area is 174 Å². The van der Waals surface area contributed by atoms with Gasteiger partial charge < -0.3 is 20.3 Å². The Kier molecular flexibility index (Phi) is 5.74. The van der Waals surface area contributed by atoms with Gasteiger partial charge in [0.1, 0.15) is 17.1 Å². The number of fused-ring (bicyclic) bond motifs is 3. The number of carbonyl (C=O) groups is 1. The molecular formula is C24H35NO4. The van der Waals surface area contributed by atoms with E-state index in [2.05, 4.69) is 46.0 Å². The van der Waals surface area contributed by atoms with E-state index in [1.807, 2.05) is 19.1 Å². The summed E-state index contributed by atoms with van der Waals surface area (Å²) in [7, 11) is 0. The third-order valence-electron chi connectivity index (χ3n) is 6.40. The number of ether oxygens (including phenoxy) is 1. The van der Waals surface area contributed by atoms with E-state index in [4.69, 9.17) is 9.84 Å². The van der Waals surface area contributed by atoms with E-state index >= 15 is 0 Å². The van der Waals surface area contributed by atoms with Crippen LogP contribution in [0.15, 0.2) is 23.8 Å². The van der Waals surface area contributed by atoms with Crippen LogP contribution in [0, 0.1) is 5.92 Å². The van der Waals surface area contributed by atoms with Gasteiger partial charge in [-0.3, -0.25) is 4.79 Å². The molecule has 1 aromatic rings. The highest BCUT2D eigenvalue weighted by atomic mass is 16.5. The molecule has 1 aliphatic heterocycles. The number of phenols is 1. The number of hydrogen-bond acceptors (Lipinski definition) is 4. The van der Waals surface area contributed by atoms with Crippen molar-refractivity contribution in [2.75, 3.05) is 6.61 Å². The molecule has 1 heterocycles. The number of hydrogen-bond donors (Lipinski definition) is 3. The van der Waals surface area contributed by atoms with Crippen molar-refractivity contribution in [3.05, 3.63) is 34.9 Å². The van der Waals surface area contributed by atoms with Crippen LogP contribution < -0.4 is 10.1 Å². The van der Waals surface area contributed by atoms with Crippen LogP contribution in [-0.2, 0) is 10.2 Å². The number of phenolic OH excluding ortho intramolecular Hbond substituents is 1. The quantitative estimate of drug-likeness (QED) is 0.708. The maximum Gasteiger partial charge on any atom is 0.247 e. The van der Waals surface area contributed by atoms with Crippen LogP contribution in [0.4, 0.5) is 0 Å². The molecule has 2 aliphatic rings. The number of aliphatic hydroxyl groups is 1. The van der Waals surface area contributed by atoms with Gasteiger partial charge in [0.25, 0.3) is 0 Å². The number of aliphatic hydroxyl groups excluding tert-OH is 1. The first-order valence-electron chi connectivity index (χ1n) is 10.6. The molecular weight excluding hydrogens is 366 g/mol. The molecule has 0 spiro atoms. The minimum Gasteiger partial charge on any atom is -0.508 e. The lowest BCUT2D eigenvalue weighted by atomic mass is 9.66. The Morgan fingerprint density at radius 3 is 2.66 bits per heavy atom. The van der Waals surface area contributed by atoms with Crippen LogP contribution in [0.1, 0.15) is 77.8 Å². The van der Waals surface area contributed by atoms with Gasteiger partial charge in [-0.25, -0.2) is 0 Å². The fourth-order valence-electron chi connectivity index (χ4n) is 4.60. The molecule has 0 bridgehead atoms. The van der Waals surface area contributed by atoms with Crippen molar-refractivity contribution in [2.24, 2.45) is 5.92 Å². The van der Waals surface area contributed by atoms with Crippen LogP contribution in [-0.4, -0.2) is 34.4 Å². The second-order valence-corrected chi connectivity index (χ2v) is 10.1. The first-order chi connectivity index (χ1) is 13.4. The van der Waals surface area contributed by atoms with E-state index in [1.165, 1.54) is 0 Å². The first kappa shape index (κ1) is 21.7. The maximum absolute atomic E-state index is 12.7. The van der Waals surface area contributed by atoms with Crippen molar-refractivity contribution in [3.63, 3.8) is 0 Å². The second kappa shape index (κ2) is 7.67. The summed E-state index contributed by atoms with van der Waals surface area (Å²) >= 11 is 0. The summed E-state index contributed by atoms with van der Waals surface area (Å²) in [4.78, 5) is 12.7. The predicted molar refractivity (Wildman–Crippen MR) is 114 cm³/mol. The van der Waals surface area contributed by atoms with Gasteiger partial charge in [-0.05, 0) is 63.1 Å². The summed E-state index contributed by atoms with van der Waals surface area (Å²) in [5.41, 5.74) is 2.12. The number of aromatic hydroxyl groups is 1. The largest absolute Gasteiger partial charge is 0.508 e. The number of nitrogens with one attached hydrogen (secondary N) is 1. The van der Waals surface area contributed by atoms with E-state index in [0.717, 1.165) is 28.9 Å². The molecule has 0 aromatic heterocycles. The van der Waals surface area contributed by atoms with E-state index < -0.39 is 0 Å². The van der Waals surface area contributed by atoms with Crippen molar-refractivity contribution in [3.8, 4) is 11.5 Å². The molecule has 0 unspecified atom stereocenters. The molecule has 0 saturated carbocycles. The Morgan fingerprint density at radius 1 is 1.34 bits per heavy atom. The minimum absolute atomic E-state index is 0.0293. The average Bonchev–Trinajstić information content (AvgIpc) is 2.59. The van der Waals surface area contributed by atoms with Crippen LogP contribution >= 0.6 is 0 Å². The summed E-state index contributed by atoms with van der Waals surface area (Å²) in [6.45, 7) is 12.5. The molecule has 0 radical (unpaired) electrons. The molecule has 0 fully saturated rings. The topological polar surface area (TPSA) is 78.8 Å². The molecule has 0 saturated heterocycles. The highest BCUT2D eigenvalue weighted by molar-refractivity contribution is 5.94. The summed E-state index contributed by atoms with van der Waals surface area (Å²) in [6.07, 6.45) is 3.85. The standard InChI is InChI=1S/C24H35NO4/c1-14(9-10-26)25-22(28)15-7-8-18-17(11-15)21-19(27)12-16(23(2,3)4)13-20(21)29-24(18,5)6/h7,12-14,17-18,26-27H,8-11H2,1-6H3,(H,25,28)/t14-,17+,18+/m0/s1. The van der Waals surface area contributed by atoms with Gasteiger partial charge in [0.15, 0.2) is 0 Å². The lowest BCUT2D eigenvalue weighted by Gasteiger charge is -2.47. The summed E-state index contributed by atoms with van der Waals surface area (Å²) < 4.78 is 6.38. The van der Waals surface area contributed by atoms with E-state index in [0.29, 0.717) is 12.8 Å². The third kappa shape index (κ3) is 4.30. The Balaban J connectivity index is 1.95. The first-order valence-corrected chi connectivity index (χ1v) is 10.6. The summed E-state index contributed by atoms with van der Waals surface area (Å²) in [6, 6.07) is 3.82. The molecule has 5 heteroatoms. The number of allylic oxidation sites excluding steroid dienone is 1. The van der Waals surface area contributed by atoms with E-state index in [9.17, 15) is 9.90 Å². The van der Waals surface area contributed by atoms with Gasteiger partial charge in [0.05, 0.1) is 0 Å². The highest BCUT2D eigenvalue weighted by Gasteiger charge is 2.47. The van der Waals surface area contributed by atoms with E-state index in [1.54, 1.807) is 0 Å². The average molecular weight is 402 g/mol. The third-order valence-corrected chi connectivity index (χ3v) is 6.40. The fourth-order valence-corrected chi connectivity index (χ4v) is 4.60. The normalized spacial score (nSPS) is 23.9. The number of amides is 1. The van der Waals surface area contributed by atoms with Gasteiger partial charge in [-0.1, -0.05) is 26.8 Å². The Hall–Kier alpha value is -2.01. The van der Waals surface area contributed by atoms with Crippen molar-refractivity contribution >= 4 is 5.91 Å². The smallest absolute Gasteiger partial charge is 0.247 e. The molecule has 160 valence electrons. The summed E-state index contributed by atoms with van der Waals surface area (Å²) in [5.74, 6) is 1.13. The molecule has 3 rings (SSSR count). The lowest BCUT2D eigenvalue weighted by molar-refractivity contribution is -0.118. The van der Waals surface area contributed by atoms with Crippen molar-refractivity contribution in [1.82, 2.24) is 5.32 Å². The molecule has 1 amide bonds. The van der Waals surface area contributed by atoms with Crippen LogP contribution in [0.25, 0.3) is 0 Å². The zero-order chi connectivity index (χ0) is 21.6. The van der Waals surface area contributed by atoms with Crippen LogP contribution in [0.3, 0.4) is 0 Å². The molecule has 1 aliphatic carbocycles. The fraction of sp³-hybridized carbons (Fsp3) is 0.625. The minimum atomic E-state index is -0.386. The second-order valence-electron chi connectivity index (χ2n) is 10.1. The molecule has 1 aromatic carbocycles. The van der Waals surface area contributed by atoms with Crippen molar-refractivity contribution in [1.29, 1.82) is 0 Å². The zero-order valence-corrected chi connectivity index (χ0v) is 18.5. The van der Waals surface area contributed by atoms with Gasteiger partial charge in [-0.2, -0.15) is 0 Å². The SMILES string of the molecule is C[C@@H](CCO)NC(=O)C1=CC[C@@H]2[C@@H](C1)c1c(O)cc(C(C)(C)C)cc1OC2(C)C. The predicted octanol–water partition coefficient (Wildman–Crippen LogP) is 4.17. The van der Waals surface area contributed by atoms with Crippen LogP contribution in [0.2, 0.25) is 0 Å².